The van der Waals surface area contributed by atoms with Gasteiger partial charge in [0.1, 0.15) is 0 Å². The van der Waals surface area contributed by atoms with Gasteiger partial charge in [-0.1, -0.05) is 72.8 Å². The number of aromatic nitrogens is 4. The van der Waals surface area contributed by atoms with E-state index in [0.717, 1.165) is 57.3 Å². The largest absolute Gasteiger partial charge is 0.478 e. The van der Waals surface area contributed by atoms with Crippen LogP contribution >= 0.6 is 0 Å². The van der Waals surface area contributed by atoms with Gasteiger partial charge in [-0.15, -0.1) is 0 Å². The molecule has 9 nitrogen and oxygen atoms in total. The van der Waals surface area contributed by atoms with E-state index in [-0.39, 0.29) is 37.5 Å². The summed E-state index contributed by atoms with van der Waals surface area (Å²) in [4.78, 5) is 23.6. The number of nitriles is 1. The Balaban J connectivity index is 0.000000188. The quantitative estimate of drug-likeness (QED) is 0.104. The van der Waals surface area contributed by atoms with Crippen molar-refractivity contribution in [2.75, 3.05) is 6.54 Å². The number of fused-ring (bicyclic) bond motifs is 2. The molecular weight excluding hydrogens is 811 g/mol. The Morgan fingerprint density at radius 1 is 0.613 bits per heavy atom. The van der Waals surface area contributed by atoms with E-state index < -0.39 is 29.4 Å². The molecule has 0 radical (unpaired) electrons. The minimum atomic E-state index is -4.40. The van der Waals surface area contributed by atoms with E-state index in [9.17, 15) is 41.0 Å². The van der Waals surface area contributed by atoms with Gasteiger partial charge >= 0.3 is 18.3 Å². The maximum absolute atomic E-state index is 13.0. The number of benzene rings is 6. The van der Waals surface area contributed by atoms with Gasteiger partial charge in [0, 0.05) is 35.3 Å². The first-order chi connectivity index (χ1) is 29.7. The zero-order valence-corrected chi connectivity index (χ0v) is 32.5. The van der Waals surface area contributed by atoms with Crippen LogP contribution < -0.4 is 5.32 Å². The number of carboxylic acids is 1. The summed E-state index contributed by atoms with van der Waals surface area (Å²) in [6.07, 6.45) is -5.00. The number of amides is 1. The van der Waals surface area contributed by atoms with Crippen LogP contribution in [0.3, 0.4) is 0 Å². The van der Waals surface area contributed by atoms with Crippen molar-refractivity contribution >= 4 is 33.7 Å². The second-order valence-electron chi connectivity index (χ2n) is 14.2. The minimum Gasteiger partial charge on any atom is -0.478 e. The second-order valence-corrected chi connectivity index (χ2v) is 14.2. The third-order valence-electron chi connectivity index (χ3n) is 9.77. The summed E-state index contributed by atoms with van der Waals surface area (Å²) in [5.41, 5.74) is 4.82. The normalized spacial score (nSPS) is 11.5. The van der Waals surface area contributed by atoms with Gasteiger partial charge in [-0.05, 0) is 94.0 Å². The molecule has 1 amide bonds. The van der Waals surface area contributed by atoms with Gasteiger partial charge in [-0.2, -0.15) is 41.8 Å². The topological polar surface area (TPSA) is 126 Å². The predicted molar refractivity (Wildman–Crippen MR) is 221 cm³/mol. The number of hydrogen-bond acceptors (Lipinski definition) is 5. The highest BCUT2D eigenvalue weighted by molar-refractivity contribution is 5.99. The third-order valence-corrected chi connectivity index (χ3v) is 9.77. The molecule has 8 rings (SSSR count). The molecule has 0 saturated heterocycles. The van der Waals surface area contributed by atoms with E-state index in [4.69, 9.17) is 5.26 Å². The molecule has 0 saturated carbocycles. The number of alkyl halides is 6. The van der Waals surface area contributed by atoms with Gasteiger partial charge in [0.15, 0.2) is 0 Å². The van der Waals surface area contributed by atoms with Crippen LogP contribution in [0.15, 0.2) is 146 Å². The van der Waals surface area contributed by atoms with Crippen molar-refractivity contribution in [3.05, 3.63) is 179 Å². The van der Waals surface area contributed by atoms with Crippen LogP contribution in [0.25, 0.3) is 44.1 Å². The van der Waals surface area contributed by atoms with Crippen molar-refractivity contribution < 1.29 is 41.0 Å². The Kier molecular flexibility index (Phi) is 12.2. The Labute approximate surface area is 350 Å². The van der Waals surface area contributed by atoms with Crippen molar-refractivity contribution in [3.8, 4) is 28.3 Å². The van der Waals surface area contributed by atoms with Gasteiger partial charge in [0.05, 0.1) is 53.3 Å². The summed E-state index contributed by atoms with van der Waals surface area (Å²) in [5.74, 6) is -1.28. The highest BCUT2D eigenvalue weighted by atomic mass is 19.4. The van der Waals surface area contributed by atoms with Crippen LogP contribution in [0.5, 0.6) is 0 Å². The molecule has 2 aromatic heterocycles. The number of aromatic carboxylic acids is 1. The number of carboxylic acid groups (broad SMARTS) is 1. The molecule has 62 heavy (non-hydrogen) atoms. The van der Waals surface area contributed by atoms with Gasteiger partial charge in [0.25, 0.3) is 5.91 Å². The van der Waals surface area contributed by atoms with E-state index in [1.54, 1.807) is 64.2 Å². The third kappa shape index (κ3) is 9.99. The number of carbonyl (C=O) groups is 2. The summed E-state index contributed by atoms with van der Waals surface area (Å²) in [6.45, 7) is 0.657. The zero-order chi connectivity index (χ0) is 44.0. The van der Waals surface area contributed by atoms with E-state index in [1.807, 2.05) is 54.6 Å². The van der Waals surface area contributed by atoms with Gasteiger partial charge in [-0.3, -0.25) is 14.2 Å². The molecule has 8 aromatic rings. The molecule has 0 unspecified atom stereocenters. The first-order valence-corrected chi connectivity index (χ1v) is 19.0. The molecule has 2 N–H and O–H groups in total. The van der Waals surface area contributed by atoms with E-state index >= 15 is 0 Å². The molecule has 0 aliphatic carbocycles. The van der Waals surface area contributed by atoms with Crippen molar-refractivity contribution in [2.45, 2.75) is 31.9 Å². The molecular formula is C47H34F6N6O3. The highest BCUT2D eigenvalue weighted by Gasteiger charge is 2.31. The Morgan fingerprint density at radius 3 is 1.53 bits per heavy atom. The van der Waals surface area contributed by atoms with Crippen LogP contribution in [0, 0.1) is 11.3 Å². The van der Waals surface area contributed by atoms with E-state index in [2.05, 4.69) is 15.5 Å². The number of rotatable bonds is 10. The number of halogens is 6. The predicted octanol–water partition coefficient (Wildman–Crippen LogP) is 10.9. The molecule has 0 aliphatic heterocycles. The molecule has 2 heterocycles. The lowest BCUT2D eigenvalue weighted by Crippen LogP contribution is -2.24. The highest BCUT2D eigenvalue weighted by Crippen LogP contribution is 2.33. The molecule has 0 bridgehead atoms. The van der Waals surface area contributed by atoms with Crippen molar-refractivity contribution in [2.24, 2.45) is 0 Å². The van der Waals surface area contributed by atoms with Crippen LogP contribution in [0.1, 0.15) is 49.4 Å². The maximum atomic E-state index is 13.0. The number of hydrogen-bond donors (Lipinski definition) is 2. The Hall–Kier alpha value is -7.73. The first-order valence-electron chi connectivity index (χ1n) is 19.0. The average Bonchev–Trinajstić information content (AvgIpc) is 3.87. The molecule has 0 spiro atoms. The zero-order valence-electron chi connectivity index (χ0n) is 32.5. The fraction of sp³-hybridized carbons (Fsp3) is 0.128. The SMILES string of the molecule is N#CCCNC(=O)c1cccc(-c2cccc3nn(Cc4cccc(C(F)(F)F)c4)cc23)c1.O=C(O)c1cccc(-c2cccc3nn(Cc4cccc(C(F)(F)F)c4)cc23)c1. The maximum Gasteiger partial charge on any atom is 0.416 e. The summed E-state index contributed by atoms with van der Waals surface area (Å²) in [6, 6.07) is 37.1. The summed E-state index contributed by atoms with van der Waals surface area (Å²) in [5, 5.41) is 31.2. The molecule has 0 fully saturated rings. The van der Waals surface area contributed by atoms with Crippen LogP contribution in [0.2, 0.25) is 0 Å². The van der Waals surface area contributed by atoms with Crippen molar-refractivity contribution in [1.29, 1.82) is 5.26 Å². The molecule has 15 heteroatoms. The first kappa shape index (κ1) is 42.4. The lowest BCUT2D eigenvalue weighted by Gasteiger charge is -2.08. The van der Waals surface area contributed by atoms with Gasteiger partial charge in [0.2, 0.25) is 0 Å². The average molecular weight is 845 g/mol. The monoisotopic (exact) mass is 844 g/mol. The Morgan fingerprint density at radius 2 is 1.06 bits per heavy atom. The van der Waals surface area contributed by atoms with Gasteiger partial charge in [-0.25, -0.2) is 4.79 Å². The summed E-state index contributed by atoms with van der Waals surface area (Å²) < 4.78 is 81.1. The van der Waals surface area contributed by atoms with Crippen LogP contribution in [-0.4, -0.2) is 43.1 Å². The van der Waals surface area contributed by atoms with E-state index in [1.165, 1.54) is 18.2 Å². The summed E-state index contributed by atoms with van der Waals surface area (Å²) >= 11 is 0. The minimum absolute atomic E-state index is 0.177. The van der Waals surface area contributed by atoms with Crippen molar-refractivity contribution in [3.63, 3.8) is 0 Å². The molecule has 0 atom stereocenters. The van der Waals surface area contributed by atoms with Crippen LogP contribution in [0.4, 0.5) is 26.3 Å². The lowest BCUT2D eigenvalue weighted by molar-refractivity contribution is -0.138. The lowest BCUT2D eigenvalue weighted by atomic mass is 10.00. The number of nitrogens with zero attached hydrogens (tertiary/aromatic N) is 5. The molecule has 6 aromatic carbocycles. The number of carbonyl (C=O) groups excluding carboxylic acids is 1. The van der Waals surface area contributed by atoms with Gasteiger partial charge < -0.3 is 10.4 Å². The standard InChI is InChI=1S/C25H19F3N4O.C22H15F3N2O2/c26-25(27,28)20-8-1-5-17(13-20)15-32-16-22-21(9-3-10-23(22)31-32)18-6-2-7-19(14-18)24(33)30-12-4-11-29;23-22(24,25)17-7-1-4-14(10-17)12-27-13-19-18(8-3-9-20(19)26-27)15-5-2-6-16(11-15)21(28)29/h1-3,5-10,13-14,16H,4,12,15H2,(H,30,33);1-11,13H,12H2,(H,28,29). The fourth-order valence-corrected chi connectivity index (χ4v) is 6.90. The van der Waals surface area contributed by atoms with E-state index in [0.29, 0.717) is 27.7 Å². The van der Waals surface area contributed by atoms with Crippen LogP contribution in [-0.2, 0) is 25.4 Å². The number of nitrogens with one attached hydrogen (secondary N) is 1. The fourth-order valence-electron chi connectivity index (χ4n) is 6.90. The smallest absolute Gasteiger partial charge is 0.416 e. The molecule has 0 aliphatic rings. The van der Waals surface area contributed by atoms with Crippen molar-refractivity contribution in [1.82, 2.24) is 24.9 Å². The second kappa shape index (κ2) is 17.9. The summed E-state index contributed by atoms with van der Waals surface area (Å²) in [7, 11) is 0. The Bertz CT molecular complexity index is 2960. The molecule has 312 valence electrons.